The quantitative estimate of drug-likeness (QED) is 0.439. The summed E-state index contributed by atoms with van der Waals surface area (Å²) in [4.78, 5) is 20.7. The number of halogens is 1. The average molecular weight is 352 g/mol. The zero-order valence-corrected chi connectivity index (χ0v) is 13.5. The van der Waals surface area contributed by atoms with Crippen molar-refractivity contribution < 1.29 is 18.4 Å². The number of hydrogen-bond donors (Lipinski definition) is 0. The second-order valence-electron chi connectivity index (χ2n) is 4.64. The van der Waals surface area contributed by atoms with Crippen LogP contribution in [0.4, 0.5) is 5.69 Å². The Morgan fingerprint density at radius 3 is 2.18 bits per heavy atom. The highest BCUT2D eigenvalue weighted by molar-refractivity contribution is 7.89. The third-order valence-electron chi connectivity index (χ3n) is 3.10. The SMILES string of the molecule is Cc1ccc(S(=O)(=O)N(C(C)C(C)Cl)[N+](=O)[O-])cc1[N+](=O)[O-]. The molecule has 1 rings (SSSR count). The summed E-state index contributed by atoms with van der Waals surface area (Å²) < 4.78 is 24.8. The van der Waals surface area contributed by atoms with Gasteiger partial charge in [-0.25, -0.2) is 10.1 Å². The van der Waals surface area contributed by atoms with E-state index < -0.39 is 42.0 Å². The van der Waals surface area contributed by atoms with Crippen LogP contribution in [0, 0.1) is 27.2 Å². The molecule has 0 fully saturated rings. The monoisotopic (exact) mass is 351 g/mol. The van der Waals surface area contributed by atoms with Crippen LogP contribution in [0.15, 0.2) is 23.1 Å². The first-order valence-corrected chi connectivity index (χ1v) is 7.95. The predicted molar refractivity (Wildman–Crippen MR) is 78.6 cm³/mol. The van der Waals surface area contributed by atoms with Gasteiger partial charge in [-0.1, -0.05) is 6.07 Å². The van der Waals surface area contributed by atoms with Gasteiger partial charge in [-0.05, 0) is 31.3 Å². The van der Waals surface area contributed by atoms with E-state index in [1.54, 1.807) is 0 Å². The van der Waals surface area contributed by atoms with Crippen molar-refractivity contribution >= 4 is 27.3 Å². The van der Waals surface area contributed by atoms with E-state index in [2.05, 4.69) is 0 Å². The number of nitro groups is 2. The molecule has 122 valence electrons. The Bertz CT molecular complexity index is 706. The molecule has 1 aromatic rings. The normalized spacial score (nSPS) is 14.2. The molecule has 2 atom stereocenters. The lowest BCUT2D eigenvalue weighted by Crippen LogP contribution is -2.46. The molecule has 0 aliphatic heterocycles. The van der Waals surface area contributed by atoms with Gasteiger partial charge in [0.15, 0.2) is 5.03 Å². The van der Waals surface area contributed by atoms with Crippen molar-refractivity contribution in [3.8, 4) is 0 Å². The number of hydrogen-bond acceptors (Lipinski definition) is 6. The fraction of sp³-hybridized carbons (Fsp3) is 0.455. The van der Waals surface area contributed by atoms with Gasteiger partial charge in [-0.2, -0.15) is 8.42 Å². The van der Waals surface area contributed by atoms with E-state index in [1.807, 2.05) is 0 Å². The van der Waals surface area contributed by atoms with Crippen LogP contribution in [0.2, 0.25) is 0 Å². The number of hydrazine groups is 1. The zero-order valence-electron chi connectivity index (χ0n) is 12.0. The summed E-state index contributed by atoms with van der Waals surface area (Å²) >= 11 is 5.75. The predicted octanol–water partition coefficient (Wildman–Crippen LogP) is 2.10. The summed E-state index contributed by atoms with van der Waals surface area (Å²) in [7, 11) is -4.57. The number of sulfonamides is 1. The lowest BCUT2D eigenvalue weighted by molar-refractivity contribution is -0.627. The Morgan fingerprint density at radius 2 is 1.77 bits per heavy atom. The third-order valence-corrected chi connectivity index (χ3v) is 5.27. The number of nitro benzene ring substituents is 1. The highest BCUT2D eigenvalue weighted by atomic mass is 35.5. The highest BCUT2D eigenvalue weighted by Gasteiger charge is 2.40. The molecule has 0 radical (unpaired) electrons. The lowest BCUT2D eigenvalue weighted by Gasteiger charge is -2.22. The molecule has 1 aromatic carbocycles. The molecule has 2 unspecified atom stereocenters. The van der Waals surface area contributed by atoms with Crippen molar-refractivity contribution in [3.05, 3.63) is 44.0 Å². The molecular weight excluding hydrogens is 338 g/mol. The summed E-state index contributed by atoms with van der Waals surface area (Å²) in [6.45, 7) is 4.12. The summed E-state index contributed by atoms with van der Waals surface area (Å²) in [6.07, 6.45) is 0. The van der Waals surface area contributed by atoms with E-state index in [0.717, 1.165) is 12.1 Å². The zero-order chi connectivity index (χ0) is 17.2. The standard InChI is InChI=1S/C11H14ClN3O6S/c1-7-4-5-10(6-11(7)14(16)17)22(20,21)13(15(18)19)9(3)8(2)12/h4-6,8-9H,1-3H3. The Morgan fingerprint density at radius 1 is 1.23 bits per heavy atom. The third kappa shape index (κ3) is 3.45. The number of benzene rings is 1. The molecule has 22 heavy (non-hydrogen) atoms. The minimum absolute atomic E-state index is 0.0130. The molecule has 0 saturated carbocycles. The van der Waals surface area contributed by atoms with Crippen LogP contribution in [0.1, 0.15) is 19.4 Å². The van der Waals surface area contributed by atoms with Gasteiger partial charge < -0.3 is 0 Å². The van der Waals surface area contributed by atoms with Crippen molar-refractivity contribution in [1.29, 1.82) is 0 Å². The molecule has 0 bridgehead atoms. The van der Waals surface area contributed by atoms with Crippen LogP contribution in [0.25, 0.3) is 0 Å². The minimum atomic E-state index is -4.57. The fourth-order valence-corrected chi connectivity index (χ4v) is 3.37. The fourth-order valence-electron chi connectivity index (χ4n) is 1.69. The molecular formula is C11H14ClN3O6S. The molecule has 11 heteroatoms. The van der Waals surface area contributed by atoms with Gasteiger partial charge in [-0.15, -0.1) is 11.6 Å². The molecule has 0 aromatic heterocycles. The van der Waals surface area contributed by atoms with Crippen LogP contribution >= 0.6 is 11.6 Å². The molecule has 9 nitrogen and oxygen atoms in total. The number of rotatable bonds is 6. The molecule has 0 amide bonds. The summed E-state index contributed by atoms with van der Waals surface area (Å²) in [5.41, 5.74) is -0.189. The summed E-state index contributed by atoms with van der Waals surface area (Å²) in [5, 5.41) is 20.1. The summed E-state index contributed by atoms with van der Waals surface area (Å²) in [5.74, 6) is 0. The van der Waals surface area contributed by atoms with Gasteiger partial charge in [0, 0.05) is 11.6 Å². The molecule has 0 N–H and O–H groups in total. The van der Waals surface area contributed by atoms with Crippen molar-refractivity contribution in [2.45, 2.75) is 37.1 Å². The first-order valence-electron chi connectivity index (χ1n) is 6.08. The number of alkyl halides is 1. The van der Waals surface area contributed by atoms with E-state index in [1.165, 1.54) is 26.8 Å². The molecule has 0 saturated heterocycles. The molecule has 0 aliphatic carbocycles. The largest absolute Gasteiger partial charge is 0.313 e. The van der Waals surface area contributed by atoms with Gasteiger partial charge >= 0.3 is 10.0 Å². The van der Waals surface area contributed by atoms with Crippen LogP contribution in [-0.2, 0) is 10.0 Å². The maximum Gasteiger partial charge on any atom is 0.313 e. The van der Waals surface area contributed by atoms with Gasteiger partial charge in [0.2, 0.25) is 0 Å². The van der Waals surface area contributed by atoms with E-state index >= 15 is 0 Å². The second-order valence-corrected chi connectivity index (χ2v) is 7.12. The van der Waals surface area contributed by atoms with Crippen LogP contribution < -0.4 is 0 Å². The number of aryl methyl sites for hydroxylation is 1. The second kappa shape index (κ2) is 6.44. The smallest absolute Gasteiger partial charge is 0.258 e. The van der Waals surface area contributed by atoms with E-state index in [0.29, 0.717) is 0 Å². The lowest BCUT2D eigenvalue weighted by atomic mass is 10.2. The van der Waals surface area contributed by atoms with Crippen molar-refractivity contribution in [1.82, 2.24) is 4.41 Å². The minimum Gasteiger partial charge on any atom is -0.258 e. The molecule has 0 aliphatic rings. The highest BCUT2D eigenvalue weighted by Crippen LogP contribution is 2.26. The van der Waals surface area contributed by atoms with Crippen molar-refractivity contribution in [3.63, 3.8) is 0 Å². The summed E-state index contributed by atoms with van der Waals surface area (Å²) in [6, 6.07) is 1.96. The Balaban J connectivity index is 3.47. The first kappa shape index (κ1) is 18.1. The van der Waals surface area contributed by atoms with Crippen molar-refractivity contribution in [2.24, 2.45) is 0 Å². The first-order chi connectivity index (χ1) is 10.00. The maximum atomic E-state index is 12.4. The van der Waals surface area contributed by atoms with Gasteiger partial charge in [0.25, 0.3) is 5.69 Å². The number of nitrogens with zero attached hydrogens (tertiary/aromatic N) is 3. The molecule has 0 heterocycles. The Labute approximate surface area is 131 Å². The van der Waals surface area contributed by atoms with Gasteiger partial charge in [0.05, 0.1) is 15.2 Å². The average Bonchev–Trinajstić information content (AvgIpc) is 2.37. The Hall–Kier alpha value is -1.94. The van der Waals surface area contributed by atoms with Crippen LogP contribution in [0.5, 0.6) is 0 Å². The maximum absolute atomic E-state index is 12.4. The topological polar surface area (TPSA) is 124 Å². The van der Waals surface area contributed by atoms with Gasteiger partial charge in [0.1, 0.15) is 6.04 Å². The van der Waals surface area contributed by atoms with Gasteiger partial charge in [-0.3, -0.25) is 10.1 Å². The molecule has 0 spiro atoms. The van der Waals surface area contributed by atoms with E-state index in [-0.39, 0.29) is 9.98 Å². The van der Waals surface area contributed by atoms with E-state index in [9.17, 15) is 28.6 Å². The Kier molecular flexibility index (Phi) is 5.30. The van der Waals surface area contributed by atoms with E-state index in [4.69, 9.17) is 11.6 Å². The van der Waals surface area contributed by atoms with Crippen LogP contribution in [0.3, 0.4) is 0 Å². The van der Waals surface area contributed by atoms with Crippen LogP contribution in [-0.4, -0.2) is 34.2 Å². The van der Waals surface area contributed by atoms with Crippen molar-refractivity contribution in [2.75, 3.05) is 0 Å².